The first kappa shape index (κ1) is 21.5. The van der Waals surface area contributed by atoms with Crippen molar-refractivity contribution in [1.82, 2.24) is 9.78 Å². The van der Waals surface area contributed by atoms with E-state index in [2.05, 4.69) is 5.10 Å². The van der Waals surface area contributed by atoms with Crippen molar-refractivity contribution in [2.24, 2.45) is 0 Å². The second-order valence-corrected chi connectivity index (χ2v) is 8.24. The maximum Gasteiger partial charge on any atom is 0.424 e. The van der Waals surface area contributed by atoms with Crippen LogP contribution in [0.3, 0.4) is 0 Å². The fourth-order valence-electron chi connectivity index (χ4n) is 4.23. The maximum atomic E-state index is 14.0. The van der Waals surface area contributed by atoms with Crippen LogP contribution in [0.5, 0.6) is 5.75 Å². The standard InChI is InChI=1S/C25H20F4N2O2/c26-20-6-8-21(9-7-20)31-23-11-5-19(12-18(23)14-30-31)24(32,25(27,28)29)15-33-22-10-4-16-2-1-3-17(16)13-22/h4-14,32H,1-3,15H2. The fourth-order valence-corrected chi connectivity index (χ4v) is 4.23. The molecular formula is C25H20F4N2O2. The number of aliphatic hydroxyl groups is 1. The van der Waals surface area contributed by atoms with Crippen LogP contribution in [0.2, 0.25) is 0 Å². The number of fused-ring (bicyclic) bond motifs is 2. The topological polar surface area (TPSA) is 47.3 Å². The van der Waals surface area contributed by atoms with E-state index in [0.29, 0.717) is 22.3 Å². The van der Waals surface area contributed by atoms with Gasteiger partial charge in [0.05, 0.1) is 17.4 Å². The van der Waals surface area contributed by atoms with E-state index in [1.165, 1.54) is 58.9 Å². The van der Waals surface area contributed by atoms with Crippen molar-refractivity contribution < 1.29 is 27.4 Å². The zero-order valence-electron chi connectivity index (χ0n) is 17.4. The van der Waals surface area contributed by atoms with Crippen molar-refractivity contribution in [1.29, 1.82) is 0 Å². The molecule has 33 heavy (non-hydrogen) atoms. The lowest BCUT2D eigenvalue weighted by Gasteiger charge is -2.31. The van der Waals surface area contributed by atoms with Gasteiger partial charge < -0.3 is 9.84 Å². The van der Waals surface area contributed by atoms with Crippen LogP contribution in [0.4, 0.5) is 17.6 Å². The van der Waals surface area contributed by atoms with Gasteiger partial charge in [-0.3, -0.25) is 0 Å². The summed E-state index contributed by atoms with van der Waals surface area (Å²) >= 11 is 0. The molecule has 0 saturated carbocycles. The minimum Gasteiger partial charge on any atom is -0.490 e. The number of aryl methyl sites for hydroxylation is 2. The normalized spacial score (nSPS) is 15.4. The Morgan fingerprint density at radius 1 is 0.939 bits per heavy atom. The molecule has 1 aromatic heterocycles. The van der Waals surface area contributed by atoms with E-state index in [9.17, 15) is 22.7 Å². The first-order chi connectivity index (χ1) is 15.7. The molecule has 0 aliphatic heterocycles. The summed E-state index contributed by atoms with van der Waals surface area (Å²) in [4.78, 5) is 0. The average Bonchev–Trinajstić information content (AvgIpc) is 3.43. The van der Waals surface area contributed by atoms with Gasteiger partial charge in [-0.1, -0.05) is 12.1 Å². The molecule has 8 heteroatoms. The molecule has 1 aliphatic carbocycles. The fraction of sp³-hybridized carbons (Fsp3) is 0.240. The van der Waals surface area contributed by atoms with Crippen LogP contribution in [0.1, 0.15) is 23.1 Å². The number of benzene rings is 3. The molecule has 0 saturated heterocycles. The summed E-state index contributed by atoms with van der Waals surface area (Å²) in [5, 5.41) is 15.4. The predicted molar refractivity (Wildman–Crippen MR) is 115 cm³/mol. The summed E-state index contributed by atoms with van der Waals surface area (Å²) in [6, 6.07) is 14.7. The minimum atomic E-state index is -4.97. The number of hydrogen-bond donors (Lipinski definition) is 1. The van der Waals surface area contributed by atoms with Crippen LogP contribution in [-0.4, -0.2) is 27.7 Å². The summed E-state index contributed by atoms with van der Waals surface area (Å²) in [5.74, 6) is -0.111. The molecule has 1 unspecified atom stereocenters. The van der Waals surface area contributed by atoms with Crippen LogP contribution in [0.25, 0.3) is 16.6 Å². The summed E-state index contributed by atoms with van der Waals surface area (Å²) in [7, 11) is 0. The summed E-state index contributed by atoms with van der Waals surface area (Å²) in [6.45, 7) is -0.979. The van der Waals surface area contributed by atoms with E-state index in [1.54, 1.807) is 12.1 Å². The molecule has 3 aromatic carbocycles. The molecule has 170 valence electrons. The van der Waals surface area contributed by atoms with Crippen molar-refractivity contribution in [3.63, 3.8) is 0 Å². The molecular weight excluding hydrogens is 436 g/mol. The summed E-state index contributed by atoms with van der Waals surface area (Å²) in [6.07, 6.45) is -0.736. The number of ether oxygens (including phenoxy) is 1. The van der Waals surface area contributed by atoms with Gasteiger partial charge in [-0.25, -0.2) is 9.07 Å². The highest BCUT2D eigenvalue weighted by atomic mass is 19.4. The molecule has 1 atom stereocenters. The van der Waals surface area contributed by atoms with Crippen LogP contribution >= 0.6 is 0 Å². The number of nitrogens with zero attached hydrogens (tertiary/aromatic N) is 2. The molecule has 5 rings (SSSR count). The number of alkyl halides is 3. The van der Waals surface area contributed by atoms with Crippen LogP contribution in [-0.2, 0) is 18.4 Å². The largest absolute Gasteiger partial charge is 0.490 e. The van der Waals surface area contributed by atoms with Crippen LogP contribution < -0.4 is 4.74 Å². The van der Waals surface area contributed by atoms with Crippen molar-refractivity contribution in [2.75, 3.05) is 6.61 Å². The van der Waals surface area contributed by atoms with E-state index in [-0.39, 0.29) is 5.56 Å². The van der Waals surface area contributed by atoms with Crippen LogP contribution in [0.15, 0.2) is 66.9 Å². The Morgan fingerprint density at radius 3 is 2.45 bits per heavy atom. The monoisotopic (exact) mass is 456 g/mol. The Labute approximate surface area is 187 Å². The number of rotatable bonds is 5. The third kappa shape index (κ3) is 3.84. The molecule has 1 heterocycles. The van der Waals surface area contributed by atoms with Gasteiger partial charge in [0.25, 0.3) is 0 Å². The van der Waals surface area contributed by atoms with Crippen molar-refractivity contribution in [2.45, 2.75) is 31.0 Å². The second kappa shape index (κ2) is 7.88. The molecule has 0 fully saturated rings. The maximum absolute atomic E-state index is 14.0. The minimum absolute atomic E-state index is 0.295. The predicted octanol–water partition coefficient (Wildman–Crippen LogP) is 5.48. The third-order valence-electron chi connectivity index (χ3n) is 6.10. The Hall–Kier alpha value is -3.39. The van der Waals surface area contributed by atoms with Gasteiger partial charge in [0.1, 0.15) is 18.2 Å². The van der Waals surface area contributed by atoms with Gasteiger partial charge in [-0.2, -0.15) is 18.3 Å². The van der Waals surface area contributed by atoms with Gasteiger partial charge >= 0.3 is 6.18 Å². The Kier molecular flexibility index (Phi) is 5.12. The van der Waals surface area contributed by atoms with Crippen molar-refractivity contribution in [3.8, 4) is 11.4 Å². The van der Waals surface area contributed by atoms with E-state index in [1.807, 2.05) is 6.07 Å². The zero-order valence-corrected chi connectivity index (χ0v) is 17.4. The lowest BCUT2D eigenvalue weighted by atomic mass is 9.93. The molecule has 1 N–H and O–H groups in total. The van der Waals surface area contributed by atoms with Gasteiger partial charge in [-0.05, 0) is 84.5 Å². The van der Waals surface area contributed by atoms with E-state index >= 15 is 0 Å². The molecule has 0 bridgehead atoms. The Morgan fingerprint density at radius 2 is 1.70 bits per heavy atom. The van der Waals surface area contributed by atoms with Gasteiger partial charge in [0.2, 0.25) is 5.60 Å². The molecule has 4 nitrogen and oxygen atoms in total. The Balaban J connectivity index is 1.46. The molecule has 4 aromatic rings. The lowest BCUT2D eigenvalue weighted by molar-refractivity contribution is -0.275. The lowest BCUT2D eigenvalue weighted by Crippen LogP contribution is -2.47. The van der Waals surface area contributed by atoms with Gasteiger partial charge in [0, 0.05) is 5.39 Å². The first-order valence-electron chi connectivity index (χ1n) is 10.5. The van der Waals surface area contributed by atoms with E-state index < -0.39 is 24.2 Å². The quantitative estimate of drug-likeness (QED) is 0.405. The number of aromatic nitrogens is 2. The number of halogens is 4. The second-order valence-electron chi connectivity index (χ2n) is 8.24. The first-order valence-corrected chi connectivity index (χ1v) is 10.5. The van der Waals surface area contributed by atoms with Gasteiger partial charge in [0.15, 0.2) is 0 Å². The molecule has 0 radical (unpaired) electrons. The third-order valence-corrected chi connectivity index (χ3v) is 6.10. The SMILES string of the molecule is OC(COc1ccc2c(c1)CCC2)(c1ccc2c(cnn2-c2ccc(F)cc2)c1)C(F)(F)F. The highest BCUT2D eigenvalue weighted by molar-refractivity contribution is 5.81. The average molecular weight is 456 g/mol. The highest BCUT2D eigenvalue weighted by Crippen LogP contribution is 2.41. The van der Waals surface area contributed by atoms with Gasteiger partial charge in [-0.15, -0.1) is 0 Å². The molecule has 0 spiro atoms. The smallest absolute Gasteiger partial charge is 0.424 e. The summed E-state index contributed by atoms with van der Waals surface area (Å²) in [5.41, 5.74) is -0.227. The van der Waals surface area contributed by atoms with Crippen molar-refractivity contribution >= 4 is 10.9 Å². The van der Waals surface area contributed by atoms with E-state index in [4.69, 9.17) is 4.74 Å². The summed E-state index contributed by atoms with van der Waals surface area (Å²) < 4.78 is 62.3. The molecule has 0 amide bonds. The zero-order chi connectivity index (χ0) is 23.2. The highest BCUT2D eigenvalue weighted by Gasteiger charge is 2.56. The number of hydrogen-bond acceptors (Lipinski definition) is 3. The van der Waals surface area contributed by atoms with Crippen molar-refractivity contribution in [3.05, 3.63) is 89.4 Å². The Bertz CT molecular complexity index is 1310. The van der Waals surface area contributed by atoms with Crippen LogP contribution in [0, 0.1) is 5.82 Å². The molecule has 1 aliphatic rings. The van der Waals surface area contributed by atoms with E-state index in [0.717, 1.165) is 24.8 Å².